The first-order valence-corrected chi connectivity index (χ1v) is 9.95. The maximum atomic E-state index is 13.0. The summed E-state index contributed by atoms with van der Waals surface area (Å²) in [4.78, 5) is 14.5. The second kappa shape index (κ2) is 9.18. The largest absolute Gasteiger partial charge is 0.323 e. The molecule has 0 radical (unpaired) electrons. The second-order valence-corrected chi connectivity index (χ2v) is 7.57. The number of benzene rings is 1. The summed E-state index contributed by atoms with van der Waals surface area (Å²) in [6, 6.07) is 7.01. The minimum absolute atomic E-state index is 0.00122. The van der Waals surface area contributed by atoms with Gasteiger partial charge in [-0.05, 0) is 24.1 Å². The van der Waals surface area contributed by atoms with Gasteiger partial charge in [0, 0.05) is 43.9 Å². The van der Waals surface area contributed by atoms with Gasteiger partial charge >= 0.3 is 6.03 Å². The number of nitrogens with one attached hydrogen (secondary N) is 2. The van der Waals surface area contributed by atoms with E-state index in [0.29, 0.717) is 5.69 Å². The number of anilines is 2. The fourth-order valence-electron chi connectivity index (χ4n) is 2.95. The van der Waals surface area contributed by atoms with Crippen LogP contribution in [-0.2, 0) is 13.5 Å². The van der Waals surface area contributed by atoms with Gasteiger partial charge in [0.2, 0.25) is 0 Å². The van der Waals surface area contributed by atoms with Crippen LogP contribution in [0.1, 0.15) is 17.7 Å². The van der Waals surface area contributed by atoms with Crippen LogP contribution in [0.4, 0.5) is 25.0 Å². The van der Waals surface area contributed by atoms with Crippen LogP contribution in [0.5, 0.6) is 0 Å². The van der Waals surface area contributed by atoms with Gasteiger partial charge in [-0.3, -0.25) is 4.68 Å². The number of amides is 2. The molecule has 1 aromatic heterocycles. The lowest BCUT2D eigenvalue weighted by Crippen LogP contribution is -2.34. The van der Waals surface area contributed by atoms with E-state index in [2.05, 4.69) is 20.6 Å². The highest BCUT2D eigenvalue weighted by molar-refractivity contribution is 7.99. The highest BCUT2D eigenvalue weighted by Crippen LogP contribution is 2.26. The summed E-state index contributed by atoms with van der Waals surface area (Å²) in [5.74, 6) is 2.39. The molecule has 1 aromatic carbocycles. The number of halogens is 2. The number of aryl methyl sites for hydroxylation is 1. The number of nitrogens with zero attached hydrogens (tertiary/aromatic N) is 3. The van der Waals surface area contributed by atoms with E-state index in [-0.39, 0.29) is 11.4 Å². The molecule has 0 spiro atoms. The lowest BCUT2D eigenvalue weighted by Gasteiger charge is -2.26. The highest BCUT2D eigenvalue weighted by atomic mass is 32.2. The summed E-state index contributed by atoms with van der Waals surface area (Å²) < 4.78 is 27.1. The molecule has 2 aromatic rings. The summed E-state index contributed by atoms with van der Waals surface area (Å²) in [5, 5.41) is 8.83. The Morgan fingerprint density at radius 3 is 2.59 bits per heavy atom. The Morgan fingerprint density at radius 1 is 1.22 bits per heavy atom. The van der Waals surface area contributed by atoms with E-state index in [4.69, 9.17) is 0 Å². The lowest BCUT2D eigenvalue weighted by molar-refractivity contribution is 0.141. The number of urea groups is 1. The number of carbonyl (C=O) groups is 1. The van der Waals surface area contributed by atoms with E-state index in [0.717, 1.165) is 30.7 Å². The van der Waals surface area contributed by atoms with Crippen molar-refractivity contribution in [3.63, 3.8) is 0 Å². The molecule has 0 unspecified atom stereocenters. The van der Waals surface area contributed by atoms with Crippen molar-refractivity contribution in [2.45, 2.75) is 12.8 Å². The molecule has 146 valence electrons. The zero-order valence-corrected chi connectivity index (χ0v) is 15.9. The number of hydrogen-bond acceptors (Lipinski definition) is 4. The van der Waals surface area contributed by atoms with Crippen LogP contribution >= 0.6 is 11.8 Å². The van der Waals surface area contributed by atoms with Crippen molar-refractivity contribution in [1.82, 2.24) is 14.7 Å². The van der Waals surface area contributed by atoms with Crippen LogP contribution < -0.4 is 10.6 Å². The maximum absolute atomic E-state index is 13.0. The summed E-state index contributed by atoms with van der Waals surface area (Å²) >= 11 is 2.00. The highest BCUT2D eigenvalue weighted by Gasteiger charge is 2.19. The maximum Gasteiger partial charge on any atom is 0.323 e. The zero-order chi connectivity index (χ0) is 19.2. The second-order valence-electron chi connectivity index (χ2n) is 6.35. The van der Waals surface area contributed by atoms with Gasteiger partial charge in [0.1, 0.15) is 5.69 Å². The van der Waals surface area contributed by atoms with Gasteiger partial charge in [-0.2, -0.15) is 16.9 Å². The van der Waals surface area contributed by atoms with Crippen LogP contribution in [0.15, 0.2) is 30.5 Å². The molecule has 1 fully saturated rings. The Kier molecular flexibility index (Phi) is 6.68. The zero-order valence-electron chi connectivity index (χ0n) is 15.1. The molecule has 1 aliphatic rings. The van der Waals surface area contributed by atoms with Crippen LogP contribution in [0.2, 0.25) is 0 Å². The number of rotatable bonds is 6. The van der Waals surface area contributed by atoms with Gasteiger partial charge in [0.05, 0.1) is 11.9 Å². The molecule has 0 aliphatic carbocycles. The van der Waals surface area contributed by atoms with Crippen LogP contribution in [-0.4, -0.2) is 51.9 Å². The molecule has 1 saturated heterocycles. The van der Waals surface area contributed by atoms with Gasteiger partial charge in [-0.25, -0.2) is 13.6 Å². The SMILES string of the molecule is Cn1ncc(NC(=O)Nc2ccc(CCN3CCSCC3)cc2)c1C(F)F. The third-order valence-electron chi connectivity index (χ3n) is 4.47. The van der Waals surface area contributed by atoms with Crippen molar-refractivity contribution < 1.29 is 13.6 Å². The molecule has 27 heavy (non-hydrogen) atoms. The van der Waals surface area contributed by atoms with Crippen LogP contribution in [0.3, 0.4) is 0 Å². The van der Waals surface area contributed by atoms with E-state index in [9.17, 15) is 13.6 Å². The monoisotopic (exact) mass is 395 g/mol. The number of alkyl halides is 2. The van der Waals surface area contributed by atoms with E-state index in [1.807, 2.05) is 36.0 Å². The Balaban J connectivity index is 1.51. The third kappa shape index (κ3) is 5.43. The molecule has 6 nitrogen and oxygen atoms in total. The van der Waals surface area contributed by atoms with Crippen molar-refractivity contribution in [3.8, 4) is 0 Å². The van der Waals surface area contributed by atoms with Crippen molar-refractivity contribution in [2.75, 3.05) is 41.8 Å². The molecule has 3 rings (SSSR count). The molecule has 2 heterocycles. The molecule has 1 aliphatic heterocycles. The van der Waals surface area contributed by atoms with Crippen LogP contribution in [0, 0.1) is 0 Å². The molecular formula is C18H23F2N5OS. The van der Waals surface area contributed by atoms with Gasteiger partial charge in [-0.1, -0.05) is 12.1 Å². The molecule has 2 N–H and O–H groups in total. The van der Waals surface area contributed by atoms with Crippen LogP contribution in [0.25, 0.3) is 0 Å². The number of aromatic nitrogens is 2. The summed E-state index contributed by atoms with van der Waals surface area (Å²) in [5.41, 5.74) is 1.48. The topological polar surface area (TPSA) is 62.2 Å². The van der Waals surface area contributed by atoms with Gasteiger partial charge in [-0.15, -0.1) is 0 Å². The fourth-order valence-corrected chi connectivity index (χ4v) is 3.93. The van der Waals surface area contributed by atoms with Gasteiger partial charge in [0.25, 0.3) is 6.43 Å². The summed E-state index contributed by atoms with van der Waals surface area (Å²) in [7, 11) is 1.41. The first-order valence-electron chi connectivity index (χ1n) is 8.80. The Bertz CT molecular complexity index is 760. The normalized spacial score (nSPS) is 15.1. The van der Waals surface area contributed by atoms with Gasteiger partial charge in [0.15, 0.2) is 0 Å². The molecule has 2 amide bonds. The molecular weight excluding hydrogens is 372 g/mol. The Hall–Kier alpha value is -2.13. The molecule has 0 bridgehead atoms. The third-order valence-corrected chi connectivity index (χ3v) is 5.41. The van der Waals surface area contributed by atoms with E-state index < -0.39 is 12.5 Å². The van der Waals surface area contributed by atoms with E-state index >= 15 is 0 Å². The minimum atomic E-state index is -2.72. The molecule has 9 heteroatoms. The average Bonchev–Trinajstić information content (AvgIpc) is 3.02. The predicted molar refractivity (Wildman–Crippen MR) is 105 cm³/mol. The smallest absolute Gasteiger partial charge is 0.308 e. The Morgan fingerprint density at radius 2 is 1.93 bits per heavy atom. The molecule has 0 atom stereocenters. The fraction of sp³-hybridized carbons (Fsp3) is 0.444. The van der Waals surface area contributed by atoms with Crippen molar-refractivity contribution in [3.05, 3.63) is 41.7 Å². The van der Waals surface area contributed by atoms with Gasteiger partial charge < -0.3 is 15.5 Å². The van der Waals surface area contributed by atoms with E-state index in [1.165, 1.54) is 30.3 Å². The quantitative estimate of drug-likeness (QED) is 0.785. The van der Waals surface area contributed by atoms with Crippen molar-refractivity contribution >= 4 is 29.2 Å². The number of thioether (sulfide) groups is 1. The lowest BCUT2D eigenvalue weighted by atomic mass is 10.1. The standard InChI is InChI=1S/C18H23F2N5OS/c1-24-16(17(19)20)15(12-21-24)23-18(26)22-14-4-2-13(3-5-14)6-7-25-8-10-27-11-9-25/h2-5,12,17H,6-11H2,1H3,(H2,22,23,26). The molecule has 0 saturated carbocycles. The minimum Gasteiger partial charge on any atom is -0.308 e. The first kappa shape index (κ1) is 19.6. The predicted octanol–water partition coefficient (Wildman–Crippen LogP) is 3.59. The van der Waals surface area contributed by atoms with E-state index in [1.54, 1.807) is 0 Å². The Labute approximate surface area is 161 Å². The number of carbonyl (C=O) groups excluding carboxylic acids is 1. The van der Waals surface area contributed by atoms with Crippen molar-refractivity contribution in [1.29, 1.82) is 0 Å². The summed E-state index contributed by atoms with van der Waals surface area (Å²) in [6.45, 7) is 3.31. The average molecular weight is 395 g/mol. The first-order chi connectivity index (χ1) is 13.0. The number of hydrogen-bond donors (Lipinski definition) is 2. The summed E-state index contributed by atoms with van der Waals surface area (Å²) in [6.07, 6.45) is -0.543. The van der Waals surface area contributed by atoms with Crippen molar-refractivity contribution in [2.24, 2.45) is 7.05 Å².